The number of ether oxygens (including phenoxy) is 1. The Morgan fingerprint density at radius 2 is 1.66 bits per heavy atom. The van der Waals surface area contributed by atoms with E-state index in [1.165, 1.54) is 23.2 Å². The van der Waals surface area contributed by atoms with Crippen molar-refractivity contribution in [2.24, 2.45) is 7.05 Å². The number of anilines is 4. The molecule has 4 aromatic rings. The fourth-order valence-electron chi connectivity index (χ4n) is 5.77. The number of hydrogen-bond acceptors (Lipinski definition) is 7. The molecule has 0 aliphatic carbocycles. The van der Waals surface area contributed by atoms with Gasteiger partial charge in [0.2, 0.25) is 5.95 Å². The van der Waals surface area contributed by atoms with Crippen molar-refractivity contribution in [2.75, 3.05) is 35.3 Å². The molecule has 3 fully saturated rings. The number of aromatic nitrogens is 4. The molecular weight excluding hydrogens is 474 g/mol. The van der Waals surface area contributed by atoms with Crippen molar-refractivity contribution in [1.29, 1.82) is 0 Å². The van der Waals surface area contributed by atoms with Crippen LogP contribution in [0.4, 0.5) is 23.1 Å². The summed E-state index contributed by atoms with van der Waals surface area (Å²) in [6.45, 7) is 10.7. The number of rotatable bonds is 5. The third-order valence-corrected chi connectivity index (χ3v) is 8.11. The minimum Gasteiger partial charge on any atom is -0.497 e. The molecular formula is C30H37N7O. The third-order valence-electron chi connectivity index (χ3n) is 8.11. The maximum Gasteiger partial charge on any atom is 0.229 e. The standard InChI is InChI=1S/C30H37N7O/c1-19-7-8-20(30(2,3)4)15-25(19)32-28-26-27(31-18-35(26)5)33-29(34-28)37-17-22-9-10-23(37)16-36(22)21-11-13-24(38-6)14-12-21/h7-8,11-15,18,22-23H,9-10,16-17H2,1-6H3,(H,32,33,34)/t22-,23-/m0/s1. The second-order valence-corrected chi connectivity index (χ2v) is 11.7. The van der Waals surface area contributed by atoms with Gasteiger partial charge in [-0.05, 0) is 66.6 Å². The van der Waals surface area contributed by atoms with Crippen LogP contribution in [0.3, 0.4) is 0 Å². The first kappa shape index (κ1) is 24.5. The summed E-state index contributed by atoms with van der Waals surface area (Å²) in [5.74, 6) is 2.44. The summed E-state index contributed by atoms with van der Waals surface area (Å²) in [5.41, 5.74) is 6.47. The molecule has 2 aromatic heterocycles. The van der Waals surface area contributed by atoms with Gasteiger partial charge in [0, 0.05) is 43.6 Å². The number of piperazine rings is 1. The lowest BCUT2D eigenvalue weighted by Crippen LogP contribution is -2.63. The first-order valence-electron chi connectivity index (χ1n) is 13.5. The van der Waals surface area contributed by atoms with Crippen molar-refractivity contribution in [2.45, 2.75) is 58.0 Å². The predicted octanol–water partition coefficient (Wildman–Crippen LogP) is 5.58. The Morgan fingerprint density at radius 3 is 2.32 bits per heavy atom. The minimum atomic E-state index is 0.0611. The van der Waals surface area contributed by atoms with Gasteiger partial charge in [-0.25, -0.2) is 4.98 Å². The molecule has 38 heavy (non-hydrogen) atoms. The molecule has 8 nitrogen and oxygen atoms in total. The number of fused-ring (bicyclic) bond motifs is 4. The second kappa shape index (κ2) is 9.19. The van der Waals surface area contributed by atoms with E-state index in [1.54, 1.807) is 7.11 Å². The largest absolute Gasteiger partial charge is 0.497 e. The Balaban J connectivity index is 1.33. The Bertz CT molecular complexity index is 1470. The van der Waals surface area contributed by atoms with Crippen LogP contribution in [0.15, 0.2) is 48.8 Å². The molecule has 0 amide bonds. The average molecular weight is 512 g/mol. The summed E-state index contributed by atoms with van der Waals surface area (Å²) in [5, 5.41) is 3.66. The minimum absolute atomic E-state index is 0.0611. The number of nitrogens with zero attached hydrogens (tertiary/aromatic N) is 6. The van der Waals surface area contributed by atoms with Crippen LogP contribution in [0.1, 0.15) is 44.7 Å². The van der Waals surface area contributed by atoms with Crippen LogP contribution in [0.5, 0.6) is 5.75 Å². The third kappa shape index (κ3) is 4.31. The Morgan fingerprint density at radius 1 is 0.947 bits per heavy atom. The summed E-state index contributed by atoms with van der Waals surface area (Å²) in [6.07, 6.45) is 4.12. The molecule has 198 valence electrons. The normalized spacial score (nSPS) is 19.3. The highest BCUT2D eigenvalue weighted by Gasteiger charge is 2.40. The monoisotopic (exact) mass is 511 g/mol. The van der Waals surface area contributed by atoms with Crippen LogP contribution in [0.25, 0.3) is 11.2 Å². The summed E-state index contributed by atoms with van der Waals surface area (Å²) < 4.78 is 7.36. The number of nitrogens with one attached hydrogen (secondary N) is 1. The maximum atomic E-state index is 5.36. The van der Waals surface area contributed by atoms with Gasteiger partial charge in [0.15, 0.2) is 11.5 Å². The molecule has 2 aromatic carbocycles. The quantitative estimate of drug-likeness (QED) is 0.375. The zero-order chi connectivity index (χ0) is 26.6. The predicted molar refractivity (Wildman–Crippen MR) is 154 cm³/mol. The smallest absolute Gasteiger partial charge is 0.229 e. The SMILES string of the molecule is COc1ccc(N2C[C@@H]3CC[C@H]2CN3c2nc(Nc3cc(C(C)(C)C)ccc3C)c3c(ncn3C)n2)cc1. The molecule has 7 rings (SSSR count). The molecule has 5 heterocycles. The van der Waals surface area contributed by atoms with Gasteiger partial charge in [-0.15, -0.1) is 0 Å². The van der Waals surface area contributed by atoms with Gasteiger partial charge < -0.3 is 24.4 Å². The number of aryl methyl sites for hydroxylation is 2. The molecule has 2 atom stereocenters. The van der Waals surface area contributed by atoms with Crippen molar-refractivity contribution in [3.63, 3.8) is 0 Å². The first-order valence-corrected chi connectivity index (χ1v) is 13.5. The lowest BCUT2D eigenvalue weighted by Gasteiger charge is -2.52. The van der Waals surface area contributed by atoms with Crippen LogP contribution in [-0.2, 0) is 12.5 Å². The summed E-state index contributed by atoms with van der Waals surface area (Å²) in [7, 11) is 3.71. The number of piperidine rings is 2. The highest BCUT2D eigenvalue weighted by Crippen LogP contribution is 2.37. The topological polar surface area (TPSA) is 71.3 Å². The highest BCUT2D eigenvalue weighted by atomic mass is 16.5. The zero-order valence-electron chi connectivity index (χ0n) is 23.2. The molecule has 8 heteroatoms. The lowest BCUT2D eigenvalue weighted by molar-refractivity contribution is 0.330. The number of hydrogen-bond donors (Lipinski definition) is 1. The first-order chi connectivity index (χ1) is 18.2. The molecule has 0 saturated carbocycles. The Hall–Kier alpha value is -3.81. The van der Waals surface area contributed by atoms with Crippen LogP contribution in [0.2, 0.25) is 0 Å². The molecule has 3 aliphatic heterocycles. The number of benzene rings is 2. The van der Waals surface area contributed by atoms with Gasteiger partial charge in [0.25, 0.3) is 0 Å². The fraction of sp³-hybridized carbons (Fsp3) is 0.433. The number of methoxy groups -OCH3 is 1. The van der Waals surface area contributed by atoms with E-state index in [0.29, 0.717) is 12.1 Å². The van der Waals surface area contributed by atoms with Crippen LogP contribution in [0, 0.1) is 6.92 Å². The van der Waals surface area contributed by atoms with Crippen LogP contribution in [-0.4, -0.2) is 51.8 Å². The molecule has 2 bridgehead atoms. The van der Waals surface area contributed by atoms with E-state index in [4.69, 9.17) is 14.7 Å². The van der Waals surface area contributed by atoms with E-state index in [0.717, 1.165) is 53.9 Å². The highest BCUT2D eigenvalue weighted by molar-refractivity contribution is 5.87. The summed E-state index contributed by atoms with van der Waals surface area (Å²) in [4.78, 5) is 19.6. The van der Waals surface area contributed by atoms with E-state index in [2.05, 4.69) is 78.1 Å². The van der Waals surface area contributed by atoms with E-state index < -0.39 is 0 Å². The Kier molecular flexibility index (Phi) is 5.93. The van der Waals surface area contributed by atoms with Crippen molar-refractivity contribution in [3.05, 3.63) is 59.9 Å². The lowest BCUT2D eigenvalue weighted by atomic mass is 9.86. The van der Waals surface area contributed by atoms with Crippen molar-refractivity contribution >= 4 is 34.3 Å². The van der Waals surface area contributed by atoms with Gasteiger partial charge in [-0.2, -0.15) is 9.97 Å². The number of imidazole rings is 1. The summed E-state index contributed by atoms with van der Waals surface area (Å²) >= 11 is 0. The molecule has 3 aliphatic rings. The van der Waals surface area contributed by atoms with Crippen LogP contribution < -0.4 is 19.9 Å². The van der Waals surface area contributed by atoms with E-state index >= 15 is 0 Å². The molecule has 0 spiro atoms. The summed E-state index contributed by atoms with van der Waals surface area (Å²) in [6, 6.07) is 15.8. The molecule has 0 unspecified atom stereocenters. The van der Waals surface area contributed by atoms with Gasteiger partial charge in [-0.3, -0.25) is 0 Å². The molecule has 1 N–H and O–H groups in total. The van der Waals surface area contributed by atoms with Gasteiger partial charge in [0.05, 0.1) is 13.4 Å². The van der Waals surface area contributed by atoms with Crippen LogP contribution >= 0.6 is 0 Å². The van der Waals surface area contributed by atoms with Crippen molar-refractivity contribution < 1.29 is 4.74 Å². The van der Waals surface area contributed by atoms with Gasteiger partial charge >= 0.3 is 0 Å². The maximum absolute atomic E-state index is 5.36. The fourth-order valence-corrected chi connectivity index (χ4v) is 5.77. The molecule has 0 radical (unpaired) electrons. The Labute approximate surface area is 224 Å². The second-order valence-electron chi connectivity index (χ2n) is 11.7. The van der Waals surface area contributed by atoms with Gasteiger partial charge in [0.1, 0.15) is 11.3 Å². The van der Waals surface area contributed by atoms with E-state index in [9.17, 15) is 0 Å². The van der Waals surface area contributed by atoms with E-state index in [1.807, 2.05) is 30.1 Å². The zero-order valence-corrected chi connectivity index (χ0v) is 23.2. The van der Waals surface area contributed by atoms with Crippen molar-refractivity contribution in [1.82, 2.24) is 19.5 Å². The average Bonchev–Trinajstić information content (AvgIpc) is 3.30. The molecule has 3 saturated heterocycles. The van der Waals surface area contributed by atoms with E-state index in [-0.39, 0.29) is 5.41 Å². The van der Waals surface area contributed by atoms with Crippen molar-refractivity contribution in [3.8, 4) is 5.75 Å². The van der Waals surface area contributed by atoms with Gasteiger partial charge in [-0.1, -0.05) is 32.9 Å².